The van der Waals surface area contributed by atoms with E-state index in [2.05, 4.69) is 5.32 Å². The van der Waals surface area contributed by atoms with E-state index in [9.17, 15) is 22.4 Å². The van der Waals surface area contributed by atoms with Crippen LogP contribution in [0.2, 0.25) is 5.02 Å². The maximum atomic E-state index is 14.5. The van der Waals surface area contributed by atoms with Crippen LogP contribution < -0.4 is 10.2 Å². The zero-order chi connectivity index (χ0) is 21.9. The summed E-state index contributed by atoms with van der Waals surface area (Å²) < 4.78 is 52.1. The summed E-state index contributed by atoms with van der Waals surface area (Å²) in [6.45, 7) is 3.05. The SMILES string of the molecule is Cc1cc(F)c(N2CCN(C(=O)Nc3ccc(Cl)cc3)CC2)cc1SCC(F)(F)F. The van der Waals surface area contributed by atoms with Gasteiger partial charge in [-0.3, -0.25) is 0 Å². The maximum Gasteiger partial charge on any atom is 0.398 e. The van der Waals surface area contributed by atoms with E-state index in [1.54, 1.807) is 41.0 Å². The molecule has 0 bridgehead atoms. The van der Waals surface area contributed by atoms with Crippen LogP contribution in [-0.4, -0.2) is 49.0 Å². The van der Waals surface area contributed by atoms with Crippen molar-refractivity contribution in [3.05, 3.63) is 52.8 Å². The molecule has 2 aromatic rings. The van der Waals surface area contributed by atoms with Crippen molar-refractivity contribution in [2.45, 2.75) is 18.0 Å². The first-order valence-electron chi connectivity index (χ1n) is 9.18. The van der Waals surface area contributed by atoms with Crippen LogP contribution in [0.5, 0.6) is 0 Å². The summed E-state index contributed by atoms with van der Waals surface area (Å²) in [7, 11) is 0. The number of hydrogen-bond donors (Lipinski definition) is 1. The van der Waals surface area contributed by atoms with Gasteiger partial charge in [-0.1, -0.05) is 11.6 Å². The molecule has 3 rings (SSSR count). The predicted octanol–water partition coefficient (Wildman–Crippen LogP) is 5.80. The van der Waals surface area contributed by atoms with E-state index in [1.807, 2.05) is 0 Å². The van der Waals surface area contributed by atoms with E-state index in [0.29, 0.717) is 59.1 Å². The van der Waals surface area contributed by atoms with Crippen LogP contribution in [0, 0.1) is 12.7 Å². The monoisotopic (exact) mass is 461 g/mol. The molecule has 4 nitrogen and oxygen atoms in total. The third-order valence-electron chi connectivity index (χ3n) is 4.64. The van der Waals surface area contributed by atoms with Gasteiger partial charge in [0, 0.05) is 41.8 Å². The number of thioether (sulfide) groups is 1. The minimum Gasteiger partial charge on any atom is -0.366 e. The van der Waals surface area contributed by atoms with E-state index in [0.717, 1.165) is 0 Å². The largest absolute Gasteiger partial charge is 0.398 e. The Hall–Kier alpha value is -2.13. The van der Waals surface area contributed by atoms with Crippen LogP contribution in [0.3, 0.4) is 0 Å². The van der Waals surface area contributed by atoms with E-state index in [1.165, 1.54) is 12.1 Å². The summed E-state index contributed by atoms with van der Waals surface area (Å²) in [6, 6.07) is 9.17. The lowest BCUT2D eigenvalue weighted by molar-refractivity contribution is -0.105. The van der Waals surface area contributed by atoms with Gasteiger partial charge in [-0.15, -0.1) is 11.8 Å². The van der Waals surface area contributed by atoms with Crippen LogP contribution >= 0.6 is 23.4 Å². The zero-order valence-corrected chi connectivity index (χ0v) is 17.7. The van der Waals surface area contributed by atoms with Crippen molar-refractivity contribution in [3.63, 3.8) is 0 Å². The molecule has 0 saturated carbocycles. The lowest BCUT2D eigenvalue weighted by atomic mass is 10.2. The smallest absolute Gasteiger partial charge is 0.366 e. The molecule has 10 heteroatoms. The van der Waals surface area contributed by atoms with E-state index in [-0.39, 0.29) is 11.7 Å². The molecule has 1 aliphatic heterocycles. The second kappa shape index (κ2) is 9.34. The molecular formula is C20H20ClF4N3OS. The van der Waals surface area contributed by atoms with Crippen LogP contribution in [-0.2, 0) is 0 Å². The summed E-state index contributed by atoms with van der Waals surface area (Å²) in [4.78, 5) is 16.2. The number of piperazine rings is 1. The summed E-state index contributed by atoms with van der Waals surface area (Å²) in [5.41, 5.74) is 1.33. The molecule has 1 N–H and O–H groups in total. The van der Waals surface area contributed by atoms with Gasteiger partial charge in [0.2, 0.25) is 0 Å². The first-order valence-corrected chi connectivity index (χ1v) is 10.5. The molecule has 0 atom stereocenters. The Morgan fingerprint density at radius 3 is 2.37 bits per heavy atom. The molecule has 0 radical (unpaired) electrons. The highest BCUT2D eigenvalue weighted by Gasteiger charge is 2.28. The van der Waals surface area contributed by atoms with Crippen molar-refractivity contribution in [2.75, 3.05) is 42.1 Å². The number of urea groups is 1. The van der Waals surface area contributed by atoms with Gasteiger partial charge in [0.1, 0.15) is 5.82 Å². The fraction of sp³-hybridized carbons (Fsp3) is 0.350. The molecule has 0 aliphatic carbocycles. The Bertz CT molecular complexity index is 900. The van der Waals surface area contributed by atoms with E-state index < -0.39 is 17.7 Å². The summed E-state index contributed by atoms with van der Waals surface area (Å²) in [6.07, 6.45) is -4.30. The van der Waals surface area contributed by atoms with Crippen molar-refractivity contribution < 1.29 is 22.4 Å². The average Bonchev–Trinajstić information content (AvgIpc) is 2.68. The molecule has 0 aromatic heterocycles. The number of benzene rings is 2. The van der Waals surface area contributed by atoms with Crippen LogP contribution in [0.25, 0.3) is 0 Å². The molecular weight excluding hydrogens is 442 g/mol. The standard InChI is InChI=1S/C20H20ClF4N3OS/c1-13-10-16(22)17(11-18(13)30-12-20(23,24)25)27-6-8-28(9-7-27)19(29)26-15-4-2-14(21)3-5-15/h2-5,10-11H,6-9,12H2,1H3,(H,26,29). The van der Waals surface area contributed by atoms with Gasteiger partial charge in [0.15, 0.2) is 0 Å². The number of halogens is 5. The Balaban J connectivity index is 1.62. The minimum absolute atomic E-state index is 0.253. The number of hydrogen-bond acceptors (Lipinski definition) is 3. The Labute approximate surface area is 181 Å². The number of carbonyl (C=O) groups is 1. The number of amides is 2. The zero-order valence-electron chi connectivity index (χ0n) is 16.1. The molecule has 1 aliphatic rings. The molecule has 162 valence electrons. The van der Waals surface area contributed by atoms with Gasteiger partial charge in [0.25, 0.3) is 0 Å². The van der Waals surface area contributed by atoms with E-state index >= 15 is 0 Å². The number of nitrogens with zero attached hydrogens (tertiary/aromatic N) is 2. The van der Waals surface area contributed by atoms with Gasteiger partial charge >= 0.3 is 12.2 Å². The average molecular weight is 462 g/mol. The van der Waals surface area contributed by atoms with Gasteiger partial charge in [-0.05, 0) is 48.9 Å². The number of carbonyl (C=O) groups excluding carboxylic acids is 1. The highest BCUT2D eigenvalue weighted by atomic mass is 35.5. The Morgan fingerprint density at radius 2 is 1.77 bits per heavy atom. The summed E-state index contributed by atoms with van der Waals surface area (Å²) >= 11 is 6.48. The van der Waals surface area contributed by atoms with Gasteiger partial charge in [-0.25, -0.2) is 9.18 Å². The summed E-state index contributed by atoms with van der Waals surface area (Å²) in [5.74, 6) is -1.51. The van der Waals surface area contributed by atoms with Crippen molar-refractivity contribution in [3.8, 4) is 0 Å². The third kappa shape index (κ3) is 5.95. The molecule has 1 fully saturated rings. The van der Waals surface area contributed by atoms with E-state index in [4.69, 9.17) is 11.6 Å². The number of rotatable bonds is 4. The molecule has 2 amide bonds. The highest BCUT2D eigenvalue weighted by molar-refractivity contribution is 7.99. The minimum atomic E-state index is -4.30. The van der Waals surface area contributed by atoms with Gasteiger partial charge < -0.3 is 15.1 Å². The maximum absolute atomic E-state index is 14.5. The molecule has 1 heterocycles. The molecule has 30 heavy (non-hydrogen) atoms. The molecule has 1 saturated heterocycles. The normalized spacial score (nSPS) is 14.7. The van der Waals surface area contributed by atoms with Crippen LogP contribution in [0.4, 0.5) is 33.7 Å². The highest BCUT2D eigenvalue weighted by Crippen LogP contribution is 2.34. The Morgan fingerprint density at radius 1 is 1.13 bits per heavy atom. The third-order valence-corrected chi connectivity index (χ3v) is 6.11. The quantitative estimate of drug-likeness (QED) is 0.462. The Kier molecular flexibility index (Phi) is 7.02. The second-order valence-electron chi connectivity index (χ2n) is 6.88. The summed E-state index contributed by atoms with van der Waals surface area (Å²) in [5, 5.41) is 3.34. The number of aryl methyl sites for hydroxylation is 1. The fourth-order valence-corrected chi connectivity index (χ4v) is 4.01. The predicted molar refractivity (Wildman–Crippen MR) is 112 cm³/mol. The first-order chi connectivity index (χ1) is 14.1. The first kappa shape index (κ1) is 22.6. The van der Waals surface area contributed by atoms with Crippen molar-refractivity contribution >= 4 is 40.8 Å². The molecule has 0 spiro atoms. The van der Waals surface area contributed by atoms with Gasteiger partial charge in [0.05, 0.1) is 11.4 Å². The number of alkyl halides is 3. The lowest BCUT2D eigenvalue weighted by Gasteiger charge is -2.36. The van der Waals surface area contributed by atoms with Gasteiger partial charge in [-0.2, -0.15) is 13.2 Å². The lowest BCUT2D eigenvalue weighted by Crippen LogP contribution is -2.50. The molecule has 2 aromatic carbocycles. The topological polar surface area (TPSA) is 35.6 Å². The number of nitrogens with one attached hydrogen (secondary N) is 1. The van der Waals surface area contributed by atoms with Crippen molar-refractivity contribution in [1.82, 2.24) is 4.90 Å². The second-order valence-corrected chi connectivity index (χ2v) is 8.34. The van der Waals surface area contributed by atoms with Crippen molar-refractivity contribution in [2.24, 2.45) is 0 Å². The van der Waals surface area contributed by atoms with Crippen molar-refractivity contribution in [1.29, 1.82) is 0 Å². The van der Waals surface area contributed by atoms with Crippen LogP contribution in [0.1, 0.15) is 5.56 Å². The number of anilines is 2. The van der Waals surface area contributed by atoms with Crippen LogP contribution in [0.15, 0.2) is 41.3 Å². The molecule has 0 unspecified atom stereocenters. The fourth-order valence-electron chi connectivity index (χ4n) is 3.09.